The van der Waals surface area contributed by atoms with Gasteiger partial charge in [0.1, 0.15) is 5.82 Å². The van der Waals surface area contributed by atoms with Gasteiger partial charge in [0, 0.05) is 19.5 Å². The van der Waals surface area contributed by atoms with E-state index in [1.165, 1.54) is 6.07 Å². The molecule has 2 amide bonds. The van der Waals surface area contributed by atoms with Crippen LogP contribution < -0.4 is 5.32 Å². The minimum atomic E-state index is -0.458. The second-order valence-corrected chi connectivity index (χ2v) is 7.53. The lowest BCUT2D eigenvalue weighted by Gasteiger charge is -2.31. The minimum Gasteiger partial charge on any atom is -0.376 e. The van der Waals surface area contributed by atoms with Crippen LogP contribution in [0.3, 0.4) is 0 Å². The van der Waals surface area contributed by atoms with Gasteiger partial charge in [-0.3, -0.25) is 0 Å². The van der Waals surface area contributed by atoms with Gasteiger partial charge in [0.25, 0.3) is 0 Å². The molecular weight excluding hydrogens is 399 g/mol. The van der Waals surface area contributed by atoms with Crippen LogP contribution in [0.15, 0.2) is 59.1 Å². The van der Waals surface area contributed by atoms with Gasteiger partial charge in [-0.15, -0.1) is 0 Å². The quantitative estimate of drug-likeness (QED) is 0.570. The highest BCUT2D eigenvalue weighted by Gasteiger charge is 2.28. The number of amides is 2. The number of rotatable bonds is 7. The fourth-order valence-corrected chi connectivity index (χ4v) is 3.58. The molecule has 8 heteroatoms. The summed E-state index contributed by atoms with van der Waals surface area (Å²) >= 11 is 0. The Labute approximate surface area is 180 Å². The summed E-state index contributed by atoms with van der Waals surface area (Å²) in [7, 11) is 0. The molecule has 1 saturated heterocycles. The van der Waals surface area contributed by atoms with Crippen LogP contribution in [-0.4, -0.2) is 40.8 Å². The molecule has 2 aromatic carbocycles. The highest BCUT2D eigenvalue weighted by molar-refractivity contribution is 5.89. The number of aromatic nitrogens is 2. The zero-order valence-corrected chi connectivity index (χ0v) is 17.2. The zero-order chi connectivity index (χ0) is 21.5. The Morgan fingerprint density at radius 3 is 2.84 bits per heavy atom. The van der Waals surface area contributed by atoms with E-state index in [1.807, 2.05) is 30.3 Å². The second-order valence-electron chi connectivity index (χ2n) is 7.53. The second kappa shape index (κ2) is 10.2. The predicted octanol–water partition coefficient (Wildman–Crippen LogP) is 4.38. The summed E-state index contributed by atoms with van der Waals surface area (Å²) in [6.45, 7) is 2.09. The number of halogens is 1. The van der Waals surface area contributed by atoms with Crippen LogP contribution in [0.1, 0.15) is 36.0 Å². The van der Waals surface area contributed by atoms with Gasteiger partial charge >= 0.3 is 6.03 Å². The lowest BCUT2D eigenvalue weighted by molar-refractivity contribution is 0.122. The number of likely N-dealkylation sites (tertiary alicyclic amines) is 1. The number of nitrogens with one attached hydrogen (secondary N) is 1. The number of piperidine rings is 1. The molecule has 1 N–H and O–H groups in total. The molecule has 0 radical (unpaired) electrons. The van der Waals surface area contributed by atoms with Gasteiger partial charge in [-0.1, -0.05) is 47.6 Å². The Bertz CT molecular complexity index is 995. The van der Waals surface area contributed by atoms with Crippen molar-refractivity contribution in [2.24, 2.45) is 0 Å². The van der Waals surface area contributed by atoms with Crippen LogP contribution >= 0.6 is 0 Å². The van der Waals surface area contributed by atoms with Crippen molar-refractivity contribution in [1.82, 2.24) is 15.0 Å². The van der Waals surface area contributed by atoms with Crippen molar-refractivity contribution >= 4 is 11.7 Å². The molecule has 1 aliphatic heterocycles. The van der Waals surface area contributed by atoms with E-state index in [0.717, 1.165) is 18.4 Å². The lowest BCUT2D eigenvalue weighted by Crippen LogP contribution is -2.41. The fraction of sp³-hybridized carbons (Fsp3) is 0.348. The van der Waals surface area contributed by atoms with Crippen molar-refractivity contribution in [2.45, 2.75) is 31.8 Å². The Morgan fingerprint density at radius 1 is 1.19 bits per heavy atom. The molecule has 7 nitrogen and oxygen atoms in total. The van der Waals surface area contributed by atoms with Gasteiger partial charge in [-0.05, 0) is 30.5 Å². The maximum Gasteiger partial charge on any atom is 0.321 e. The van der Waals surface area contributed by atoms with Crippen molar-refractivity contribution in [3.63, 3.8) is 0 Å². The van der Waals surface area contributed by atoms with Crippen molar-refractivity contribution in [1.29, 1.82) is 0 Å². The van der Waals surface area contributed by atoms with Crippen LogP contribution in [-0.2, 0) is 17.8 Å². The molecule has 2 heterocycles. The summed E-state index contributed by atoms with van der Waals surface area (Å²) in [5, 5.41) is 6.68. The highest BCUT2D eigenvalue weighted by Crippen LogP contribution is 2.26. The first-order valence-electron chi connectivity index (χ1n) is 10.4. The van der Waals surface area contributed by atoms with Crippen LogP contribution in [0.5, 0.6) is 0 Å². The number of benzene rings is 2. The van der Waals surface area contributed by atoms with Gasteiger partial charge in [-0.25, -0.2) is 9.18 Å². The molecule has 3 aromatic rings. The lowest BCUT2D eigenvalue weighted by atomic mass is 9.98. The van der Waals surface area contributed by atoms with Gasteiger partial charge in [-0.2, -0.15) is 4.98 Å². The van der Waals surface area contributed by atoms with Crippen LogP contribution in [0, 0.1) is 5.82 Å². The van der Waals surface area contributed by atoms with E-state index in [4.69, 9.17) is 9.26 Å². The molecule has 1 aliphatic rings. The largest absolute Gasteiger partial charge is 0.376 e. The Kier molecular flexibility index (Phi) is 6.89. The Balaban J connectivity index is 1.27. The molecule has 4 rings (SSSR count). The summed E-state index contributed by atoms with van der Waals surface area (Å²) in [4.78, 5) is 18.7. The number of ether oxygens (including phenoxy) is 1. The summed E-state index contributed by atoms with van der Waals surface area (Å²) in [6.07, 6.45) is 2.23. The van der Waals surface area contributed by atoms with E-state index in [0.29, 0.717) is 44.4 Å². The summed E-state index contributed by atoms with van der Waals surface area (Å²) in [6, 6.07) is 15.8. The summed E-state index contributed by atoms with van der Waals surface area (Å²) in [5.41, 5.74) is 1.29. The molecule has 0 spiro atoms. The molecule has 0 bridgehead atoms. The van der Waals surface area contributed by atoms with E-state index >= 15 is 0 Å². The third-order valence-electron chi connectivity index (χ3n) is 5.24. The van der Waals surface area contributed by atoms with Gasteiger partial charge in [0.15, 0.2) is 5.82 Å². The van der Waals surface area contributed by atoms with E-state index < -0.39 is 5.82 Å². The number of hydrogen-bond acceptors (Lipinski definition) is 5. The number of nitrogens with zero attached hydrogens (tertiary/aromatic N) is 3. The third kappa shape index (κ3) is 5.67. The standard InChI is InChI=1S/C23H25FN4O3/c24-19-10-4-5-11-20(19)25-23(29)28-13-6-9-18(15-28)22-26-21(27-31-22)12-14-30-16-17-7-2-1-3-8-17/h1-5,7-8,10-11,18H,6,9,12-16H2,(H,25,29). The molecule has 162 valence electrons. The van der Waals surface area contributed by atoms with E-state index in [1.54, 1.807) is 23.1 Å². The van der Waals surface area contributed by atoms with Gasteiger partial charge in [0.2, 0.25) is 5.89 Å². The van der Waals surface area contributed by atoms with E-state index in [2.05, 4.69) is 15.5 Å². The van der Waals surface area contributed by atoms with Gasteiger partial charge in [0.05, 0.1) is 24.8 Å². The molecule has 1 aromatic heterocycles. The van der Waals surface area contributed by atoms with Crippen molar-refractivity contribution in [3.05, 3.63) is 77.7 Å². The minimum absolute atomic E-state index is 0.0355. The first-order chi connectivity index (χ1) is 15.2. The smallest absolute Gasteiger partial charge is 0.321 e. The maximum atomic E-state index is 13.8. The average Bonchev–Trinajstić information content (AvgIpc) is 3.28. The maximum absolute atomic E-state index is 13.8. The first-order valence-corrected chi connectivity index (χ1v) is 10.4. The van der Waals surface area contributed by atoms with E-state index in [-0.39, 0.29) is 17.6 Å². The SMILES string of the molecule is O=C(Nc1ccccc1F)N1CCCC(c2nc(CCOCc3ccccc3)no2)C1. The van der Waals surface area contributed by atoms with Crippen molar-refractivity contribution in [3.8, 4) is 0 Å². The van der Waals surface area contributed by atoms with E-state index in [9.17, 15) is 9.18 Å². The molecule has 1 unspecified atom stereocenters. The molecule has 0 aliphatic carbocycles. The molecular formula is C23H25FN4O3. The number of carbonyl (C=O) groups is 1. The summed E-state index contributed by atoms with van der Waals surface area (Å²) in [5.74, 6) is 0.629. The topological polar surface area (TPSA) is 80.5 Å². The summed E-state index contributed by atoms with van der Waals surface area (Å²) < 4.78 is 24.9. The van der Waals surface area contributed by atoms with Gasteiger partial charge < -0.3 is 19.5 Å². The fourth-order valence-electron chi connectivity index (χ4n) is 3.58. The highest BCUT2D eigenvalue weighted by atomic mass is 19.1. The van der Waals surface area contributed by atoms with Crippen LogP contribution in [0.25, 0.3) is 0 Å². The third-order valence-corrected chi connectivity index (χ3v) is 5.24. The predicted molar refractivity (Wildman–Crippen MR) is 113 cm³/mol. The number of hydrogen-bond donors (Lipinski definition) is 1. The molecule has 1 fully saturated rings. The molecule has 31 heavy (non-hydrogen) atoms. The number of para-hydroxylation sites is 1. The average molecular weight is 424 g/mol. The van der Waals surface area contributed by atoms with Crippen LogP contribution in [0.2, 0.25) is 0 Å². The number of carbonyl (C=O) groups excluding carboxylic acids is 1. The van der Waals surface area contributed by atoms with Crippen molar-refractivity contribution in [2.75, 3.05) is 25.0 Å². The Morgan fingerprint density at radius 2 is 2.00 bits per heavy atom. The molecule has 1 atom stereocenters. The first kappa shape index (κ1) is 21.0. The van der Waals surface area contributed by atoms with Crippen LogP contribution in [0.4, 0.5) is 14.9 Å². The Hall–Kier alpha value is -3.26. The normalized spacial score (nSPS) is 16.3. The monoisotopic (exact) mass is 424 g/mol. The van der Waals surface area contributed by atoms with Crippen molar-refractivity contribution < 1.29 is 18.4 Å². The number of anilines is 1. The molecule has 0 saturated carbocycles. The zero-order valence-electron chi connectivity index (χ0n) is 17.2. The number of urea groups is 1.